The fraction of sp³-hybridized carbons (Fsp3) is 0.478. The second kappa shape index (κ2) is 8.74. The first-order valence-corrected chi connectivity index (χ1v) is 10.2. The van der Waals surface area contributed by atoms with Gasteiger partial charge in [-0.3, -0.25) is 0 Å². The molecule has 2 atom stereocenters. The molecule has 4 rings (SSSR count). The Hall–Kier alpha value is -2.40. The highest BCUT2D eigenvalue weighted by atomic mass is 16.6. The molecule has 2 aromatic carbocycles. The van der Waals surface area contributed by atoms with Gasteiger partial charge in [-0.25, -0.2) is 0 Å². The highest BCUT2D eigenvalue weighted by Crippen LogP contribution is 2.33. The highest BCUT2D eigenvalue weighted by Gasteiger charge is 2.27. The number of nitrogens with one attached hydrogen (secondary N) is 1. The summed E-state index contributed by atoms with van der Waals surface area (Å²) in [6.45, 7) is 5.83. The van der Waals surface area contributed by atoms with Crippen LogP contribution in [0.3, 0.4) is 0 Å². The Morgan fingerprint density at radius 2 is 1.79 bits per heavy atom. The number of fused-ring (bicyclic) bond motifs is 1. The minimum absolute atomic E-state index is 0.0611. The summed E-state index contributed by atoms with van der Waals surface area (Å²) in [4.78, 5) is 2.44. The molecule has 0 bridgehead atoms. The van der Waals surface area contributed by atoms with Crippen molar-refractivity contribution < 1.29 is 14.2 Å². The first kappa shape index (κ1) is 18.9. The van der Waals surface area contributed by atoms with Gasteiger partial charge in [0.05, 0.1) is 12.8 Å². The van der Waals surface area contributed by atoms with Gasteiger partial charge in [0.25, 0.3) is 0 Å². The van der Waals surface area contributed by atoms with Crippen LogP contribution in [0.4, 0.5) is 5.69 Å². The van der Waals surface area contributed by atoms with Crippen LogP contribution >= 0.6 is 0 Å². The van der Waals surface area contributed by atoms with Crippen LogP contribution in [0.1, 0.15) is 19.8 Å². The number of anilines is 1. The fourth-order valence-electron chi connectivity index (χ4n) is 4.18. The summed E-state index contributed by atoms with van der Waals surface area (Å²) in [5.41, 5.74) is 1.20. The number of methoxy groups -OCH3 is 1. The molecular formula is C23H30N2O3. The number of hydrogen-bond acceptors (Lipinski definition) is 5. The molecule has 0 spiro atoms. The van der Waals surface area contributed by atoms with Gasteiger partial charge in [0, 0.05) is 25.7 Å². The lowest BCUT2D eigenvalue weighted by Crippen LogP contribution is -2.46. The number of benzene rings is 2. The van der Waals surface area contributed by atoms with E-state index in [2.05, 4.69) is 29.3 Å². The van der Waals surface area contributed by atoms with Crippen molar-refractivity contribution in [3.8, 4) is 17.2 Å². The average Bonchev–Trinajstić information content (AvgIpc) is 2.77. The van der Waals surface area contributed by atoms with Crippen LogP contribution in [0.5, 0.6) is 17.2 Å². The van der Waals surface area contributed by atoms with E-state index in [-0.39, 0.29) is 6.10 Å². The van der Waals surface area contributed by atoms with E-state index in [0.717, 1.165) is 36.9 Å². The van der Waals surface area contributed by atoms with E-state index in [9.17, 15) is 0 Å². The Kier molecular flexibility index (Phi) is 5.91. The first-order chi connectivity index (χ1) is 13.7. The van der Waals surface area contributed by atoms with Crippen molar-refractivity contribution in [1.29, 1.82) is 0 Å². The zero-order valence-electron chi connectivity index (χ0n) is 16.8. The molecule has 1 fully saturated rings. The maximum absolute atomic E-state index is 6.06. The SMILES string of the molecule is COc1ccccc1N1CCC([C@@H](C)NCC2COc3ccccc3O2)CC1. The van der Waals surface area contributed by atoms with Crippen LogP contribution in [-0.2, 0) is 0 Å². The Balaban J connectivity index is 1.25. The monoisotopic (exact) mass is 382 g/mol. The standard InChI is InChI=1S/C23H30N2O3/c1-17(24-15-19-16-27-22-9-5-6-10-23(22)28-19)18-11-13-25(14-12-18)20-7-3-4-8-21(20)26-2/h3-10,17-19,24H,11-16H2,1-2H3/t17-,19?/m1/s1. The van der Waals surface area contributed by atoms with Crippen molar-refractivity contribution in [3.63, 3.8) is 0 Å². The van der Waals surface area contributed by atoms with Gasteiger partial charge in [-0.2, -0.15) is 0 Å². The number of rotatable bonds is 6. The van der Waals surface area contributed by atoms with E-state index >= 15 is 0 Å². The summed E-state index contributed by atoms with van der Waals surface area (Å²) in [6, 6.07) is 16.6. The molecule has 28 heavy (non-hydrogen) atoms. The molecule has 0 aliphatic carbocycles. The zero-order valence-corrected chi connectivity index (χ0v) is 16.8. The van der Waals surface area contributed by atoms with Gasteiger partial charge < -0.3 is 24.4 Å². The molecule has 5 nitrogen and oxygen atoms in total. The number of para-hydroxylation sites is 4. The van der Waals surface area contributed by atoms with E-state index in [0.29, 0.717) is 18.6 Å². The molecule has 0 aromatic heterocycles. The van der Waals surface area contributed by atoms with Crippen LogP contribution < -0.4 is 24.4 Å². The van der Waals surface area contributed by atoms with Gasteiger partial charge in [-0.05, 0) is 49.9 Å². The van der Waals surface area contributed by atoms with Gasteiger partial charge in [-0.1, -0.05) is 24.3 Å². The van der Waals surface area contributed by atoms with Crippen molar-refractivity contribution in [2.24, 2.45) is 5.92 Å². The van der Waals surface area contributed by atoms with Crippen molar-refractivity contribution in [3.05, 3.63) is 48.5 Å². The summed E-state index contributed by atoms with van der Waals surface area (Å²) in [6.07, 6.45) is 2.42. The van der Waals surface area contributed by atoms with Crippen LogP contribution in [0.25, 0.3) is 0 Å². The van der Waals surface area contributed by atoms with Crippen LogP contribution in [0.2, 0.25) is 0 Å². The third-order valence-corrected chi connectivity index (χ3v) is 5.91. The van der Waals surface area contributed by atoms with Crippen LogP contribution in [0, 0.1) is 5.92 Å². The molecule has 1 N–H and O–H groups in total. The normalized spacial score (nSPS) is 20.6. The molecule has 0 radical (unpaired) electrons. The molecule has 1 saturated heterocycles. The molecule has 0 amide bonds. The van der Waals surface area contributed by atoms with Gasteiger partial charge in [0.15, 0.2) is 11.5 Å². The first-order valence-electron chi connectivity index (χ1n) is 10.2. The topological polar surface area (TPSA) is 43.0 Å². The number of piperidine rings is 1. The predicted molar refractivity (Wildman–Crippen MR) is 112 cm³/mol. The molecule has 5 heteroatoms. The molecule has 1 unspecified atom stereocenters. The van der Waals surface area contributed by atoms with E-state index < -0.39 is 0 Å². The quantitative estimate of drug-likeness (QED) is 0.825. The summed E-state index contributed by atoms with van der Waals surface area (Å²) in [7, 11) is 1.74. The van der Waals surface area contributed by atoms with Gasteiger partial charge in [0.1, 0.15) is 18.5 Å². The third-order valence-electron chi connectivity index (χ3n) is 5.91. The summed E-state index contributed by atoms with van der Waals surface area (Å²) < 4.78 is 17.4. The molecule has 2 heterocycles. The Morgan fingerprint density at radius 1 is 1.07 bits per heavy atom. The maximum Gasteiger partial charge on any atom is 0.161 e. The molecule has 150 valence electrons. The molecule has 0 saturated carbocycles. The number of ether oxygens (including phenoxy) is 3. The molecular weight excluding hydrogens is 352 g/mol. The summed E-state index contributed by atoms with van der Waals surface area (Å²) in [5.74, 6) is 3.32. The average molecular weight is 383 g/mol. The van der Waals surface area contributed by atoms with E-state index in [1.807, 2.05) is 36.4 Å². The van der Waals surface area contributed by atoms with Gasteiger partial charge in [-0.15, -0.1) is 0 Å². The lowest BCUT2D eigenvalue weighted by Gasteiger charge is -2.37. The number of nitrogens with zero attached hydrogens (tertiary/aromatic N) is 1. The smallest absolute Gasteiger partial charge is 0.161 e. The van der Waals surface area contributed by atoms with Crippen molar-refractivity contribution >= 4 is 5.69 Å². The predicted octanol–water partition coefficient (Wildman–Crippen LogP) is 3.73. The lowest BCUT2D eigenvalue weighted by molar-refractivity contribution is 0.0861. The minimum Gasteiger partial charge on any atom is -0.495 e. The largest absolute Gasteiger partial charge is 0.495 e. The van der Waals surface area contributed by atoms with Crippen LogP contribution in [0.15, 0.2) is 48.5 Å². The second-order valence-electron chi connectivity index (χ2n) is 7.69. The molecule has 2 aliphatic heterocycles. The lowest BCUT2D eigenvalue weighted by atomic mass is 9.90. The molecule has 2 aliphatic rings. The third kappa shape index (κ3) is 4.20. The van der Waals surface area contributed by atoms with Crippen molar-refractivity contribution in [2.45, 2.75) is 31.9 Å². The maximum atomic E-state index is 6.06. The van der Waals surface area contributed by atoms with Crippen molar-refractivity contribution in [2.75, 3.05) is 38.3 Å². The Bertz CT molecular complexity index is 774. The Morgan fingerprint density at radius 3 is 2.57 bits per heavy atom. The van der Waals surface area contributed by atoms with Crippen molar-refractivity contribution in [1.82, 2.24) is 5.32 Å². The van der Waals surface area contributed by atoms with Gasteiger partial charge in [0.2, 0.25) is 0 Å². The fourth-order valence-corrected chi connectivity index (χ4v) is 4.18. The van der Waals surface area contributed by atoms with E-state index in [4.69, 9.17) is 14.2 Å². The van der Waals surface area contributed by atoms with E-state index in [1.165, 1.54) is 18.5 Å². The van der Waals surface area contributed by atoms with Crippen LogP contribution in [-0.4, -0.2) is 45.5 Å². The highest BCUT2D eigenvalue weighted by molar-refractivity contribution is 5.58. The van der Waals surface area contributed by atoms with E-state index in [1.54, 1.807) is 7.11 Å². The number of hydrogen-bond donors (Lipinski definition) is 1. The Labute approximate surface area is 167 Å². The summed E-state index contributed by atoms with van der Waals surface area (Å²) >= 11 is 0. The van der Waals surface area contributed by atoms with Gasteiger partial charge >= 0.3 is 0 Å². The molecule has 2 aromatic rings. The second-order valence-corrected chi connectivity index (χ2v) is 7.69. The minimum atomic E-state index is 0.0611. The zero-order chi connectivity index (χ0) is 19.3. The summed E-state index contributed by atoms with van der Waals surface area (Å²) in [5, 5.41) is 3.68.